The van der Waals surface area contributed by atoms with Crippen LogP contribution in [0.1, 0.15) is 5.56 Å². The van der Waals surface area contributed by atoms with Crippen molar-refractivity contribution >= 4 is 29.0 Å². The van der Waals surface area contributed by atoms with E-state index in [4.69, 9.17) is 27.9 Å². The normalized spacial score (nSPS) is 10.3. The van der Waals surface area contributed by atoms with Crippen LogP contribution in [0.25, 0.3) is 0 Å². The molecule has 0 amide bonds. The Kier molecular flexibility index (Phi) is 4.39. The molecule has 7 heteroatoms. The van der Waals surface area contributed by atoms with Gasteiger partial charge in [-0.25, -0.2) is 14.4 Å². The van der Waals surface area contributed by atoms with Crippen LogP contribution in [0.5, 0.6) is 5.75 Å². The summed E-state index contributed by atoms with van der Waals surface area (Å²) in [6.07, 6.45) is 0. The molecule has 4 nitrogen and oxygen atoms in total. The summed E-state index contributed by atoms with van der Waals surface area (Å²) < 4.78 is 18.8. The van der Waals surface area contributed by atoms with Gasteiger partial charge in [0.1, 0.15) is 22.5 Å². The van der Waals surface area contributed by atoms with Gasteiger partial charge in [0.15, 0.2) is 0 Å². The van der Waals surface area contributed by atoms with Gasteiger partial charge in [-0.05, 0) is 23.7 Å². The molecule has 1 aromatic carbocycles. The Morgan fingerprint density at radius 1 is 1.32 bits per heavy atom. The minimum Gasteiger partial charge on any atom is -0.496 e. The average Bonchev–Trinajstić information content (AvgIpc) is 2.36. The van der Waals surface area contributed by atoms with E-state index in [1.165, 1.54) is 19.2 Å². The van der Waals surface area contributed by atoms with Crippen LogP contribution in [0.2, 0.25) is 10.4 Å². The number of ether oxygens (including phenoxy) is 1. The summed E-state index contributed by atoms with van der Waals surface area (Å²) in [7, 11) is 1.48. The summed E-state index contributed by atoms with van der Waals surface area (Å²) in [5.74, 6) is 0.507. The summed E-state index contributed by atoms with van der Waals surface area (Å²) in [5, 5.41) is 3.15. The van der Waals surface area contributed by atoms with Crippen molar-refractivity contribution < 1.29 is 9.13 Å². The number of anilines is 1. The molecule has 0 bridgehead atoms. The van der Waals surface area contributed by atoms with Crippen molar-refractivity contribution in [2.45, 2.75) is 6.54 Å². The summed E-state index contributed by atoms with van der Waals surface area (Å²) in [4.78, 5) is 7.65. The van der Waals surface area contributed by atoms with E-state index in [1.54, 1.807) is 12.1 Å². The molecule has 0 aliphatic carbocycles. The Morgan fingerprint density at radius 3 is 2.79 bits per heavy atom. The van der Waals surface area contributed by atoms with E-state index in [0.717, 1.165) is 0 Å². The smallest absolute Gasteiger partial charge is 0.225 e. The van der Waals surface area contributed by atoms with Gasteiger partial charge >= 0.3 is 0 Å². The van der Waals surface area contributed by atoms with E-state index in [1.807, 2.05) is 0 Å². The van der Waals surface area contributed by atoms with Crippen molar-refractivity contribution in [3.8, 4) is 5.75 Å². The second-order valence-electron chi connectivity index (χ2n) is 3.62. The molecule has 1 aromatic heterocycles. The van der Waals surface area contributed by atoms with Gasteiger partial charge in [-0.2, -0.15) is 0 Å². The lowest BCUT2D eigenvalue weighted by Crippen LogP contribution is -2.06. The van der Waals surface area contributed by atoms with Gasteiger partial charge in [-0.1, -0.05) is 17.7 Å². The topological polar surface area (TPSA) is 47.0 Å². The molecule has 0 saturated carbocycles. The molecule has 2 rings (SSSR count). The lowest BCUT2D eigenvalue weighted by atomic mass is 10.2. The molecule has 0 spiro atoms. The van der Waals surface area contributed by atoms with Gasteiger partial charge in [0.05, 0.1) is 7.11 Å². The molecule has 0 saturated heterocycles. The van der Waals surface area contributed by atoms with E-state index >= 15 is 0 Å². The number of rotatable bonds is 4. The molecule has 0 aliphatic heterocycles. The van der Waals surface area contributed by atoms with Crippen LogP contribution in [0, 0.1) is 5.82 Å². The molecule has 0 aliphatic rings. The monoisotopic (exact) mass is 301 g/mol. The SMILES string of the molecule is COc1cccc(F)c1CNc1cc(Cl)nc(Cl)n1. The van der Waals surface area contributed by atoms with Crippen molar-refractivity contribution in [2.24, 2.45) is 0 Å². The van der Waals surface area contributed by atoms with Crippen molar-refractivity contribution in [2.75, 3.05) is 12.4 Å². The molecular weight excluding hydrogens is 292 g/mol. The zero-order valence-electron chi connectivity index (χ0n) is 9.95. The van der Waals surface area contributed by atoms with E-state index in [2.05, 4.69) is 15.3 Å². The summed E-state index contributed by atoms with van der Waals surface area (Å²) >= 11 is 11.4. The fourth-order valence-corrected chi connectivity index (χ4v) is 1.97. The molecular formula is C12H10Cl2FN3O. The molecule has 1 N–H and O–H groups in total. The highest BCUT2D eigenvalue weighted by molar-refractivity contribution is 6.32. The highest BCUT2D eigenvalue weighted by atomic mass is 35.5. The van der Waals surface area contributed by atoms with Crippen LogP contribution in [-0.4, -0.2) is 17.1 Å². The molecule has 100 valence electrons. The first-order valence-electron chi connectivity index (χ1n) is 5.35. The van der Waals surface area contributed by atoms with Crippen LogP contribution in [-0.2, 0) is 6.54 Å². The number of halogens is 3. The van der Waals surface area contributed by atoms with E-state index < -0.39 is 0 Å². The van der Waals surface area contributed by atoms with Crippen LogP contribution in [0.4, 0.5) is 10.2 Å². The second-order valence-corrected chi connectivity index (χ2v) is 4.34. The molecule has 0 atom stereocenters. The van der Waals surface area contributed by atoms with Gasteiger partial charge in [-0.15, -0.1) is 0 Å². The van der Waals surface area contributed by atoms with Crippen LogP contribution < -0.4 is 10.1 Å². The maximum atomic E-state index is 13.7. The third-order valence-electron chi connectivity index (χ3n) is 2.41. The Balaban J connectivity index is 2.18. The molecule has 1 heterocycles. The second kappa shape index (κ2) is 6.04. The van der Waals surface area contributed by atoms with Crippen molar-refractivity contribution in [1.29, 1.82) is 0 Å². The molecule has 0 fully saturated rings. The Hall–Kier alpha value is -1.59. The molecule has 19 heavy (non-hydrogen) atoms. The van der Waals surface area contributed by atoms with Gasteiger partial charge in [0.2, 0.25) is 5.28 Å². The quantitative estimate of drug-likeness (QED) is 0.693. The predicted octanol–water partition coefficient (Wildman–Crippen LogP) is 3.54. The summed E-state index contributed by atoms with van der Waals surface area (Å²) in [6.45, 7) is 0.194. The maximum Gasteiger partial charge on any atom is 0.225 e. The average molecular weight is 302 g/mol. The van der Waals surface area contributed by atoms with Crippen LogP contribution in [0.3, 0.4) is 0 Å². The van der Waals surface area contributed by atoms with Crippen molar-refractivity contribution in [3.05, 3.63) is 46.1 Å². The third-order valence-corrected chi connectivity index (χ3v) is 2.77. The van der Waals surface area contributed by atoms with Crippen molar-refractivity contribution in [3.63, 3.8) is 0 Å². The standard InChI is InChI=1S/C12H10Cl2FN3O/c1-19-9-4-2-3-8(15)7(9)6-16-11-5-10(13)17-12(14)18-11/h2-5H,6H2,1H3,(H,16,17,18). The molecule has 2 aromatic rings. The Morgan fingerprint density at radius 2 is 2.11 bits per heavy atom. The van der Waals surface area contributed by atoms with Gasteiger partial charge in [0, 0.05) is 18.2 Å². The zero-order chi connectivity index (χ0) is 13.8. The molecule has 0 radical (unpaired) electrons. The van der Waals surface area contributed by atoms with E-state index in [-0.39, 0.29) is 22.8 Å². The Bertz CT molecular complexity index is 575. The number of methoxy groups -OCH3 is 1. The number of hydrogen-bond donors (Lipinski definition) is 1. The first-order chi connectivity index (χ1) is 9.10. The first-order valence-corrected chi connectivity index (χ1v) is 6.11. The highest BCUT2D eigenvalue weighted by Crippen LogP contribution is 2.22. The fraction of sp³-hybridized carbons (Fsp3) is 0.167. The number of nitrogens with zero attached hydrogens (tertiary/aromatic N) is 2. The number of benzene rings is 1. The Labute approximate surface area is 119 Å². The largest absolute Gasteiger partial charge is 0.496 e. The van der Waals surface area contributed by atoms with Crippen LogP contribution >= 0.6 is 23.2 Å². The number of aromatic nitrogens is 2. The maximum absolute atomic E-state index is 13.7. The van der Waals surface area contributed by atoms with Gasteiger partial charge < -0.3 is 10.1 Å². The minimum atomic E-state index is -0.363. The third kappa shape index (κ3) is 3.45. The first kappa shape index (κ1) is 13.8. The van der Waals surface area contributed by atoms with Gasteiger partial charge in [0.25, 0.3) is 0 Å². The minimum absolute atomic E-state index is 0.0236. The predicted molar refractivity (Wildman–Crippen MR) is 72.3 cm³/mol. The lowest BCUT2D eigenvalue weighted by molar-refractivity contribution is 0.405. The summed E-state index contributed by atoms with van der Waals surface area (Å²) in [5.41, 5.74) is 0.399. The number of hydrogen-bond acceptors (Lipinski definition) is 4. The highest BCUT2D eigenvalue weighted by Gasteiger charge is 2.09. The zero-order valence-corrected chi connectivity index (χ0v) is 11.5. The van der Waals surface area contributed by atoms with E-state index in [0.29, 0.717) is 17.1 Å². The lowest BCUT2D eigenvalue weighted by Gasteiger charge is -2.11. The van der Waals surface area contributed by atoms with Gasteiger partial charge in [-0.3, -0.25) is 0 Å². The summed E-state index contributed by atoms with van der Waals surface area (Å²) in [6, 6.07) is 6.12. The van der Waals surface area contributed by atoms with Crippen molar-refractivity contribution in [1.82, 2.24) is 9.97 Å². The van der Waals surface area contributed by atoms with Crippen LogP contribution in [0.15, 0.2) is 24.3 Å². The molecule has 0 unspecified atom stereocenters. The number of nitrogens with one attached hydrogen (secondary N) is 1. The fourth-order valence-electron chi connectivity index (χ4n) is 1.56. The van der Waals surface area contributed by atoms with E-state index in [9.17, 15) is 4.39 Å².